The second-order valence-corrected chi connectivity index (χ2v) is 15.1. The molecule has 0 saturated heterocycles. The van der Waals surface area contributed by atoms with Crippen molar-refractivity contribution in [1.29, 1.82) is 0 Å². The molecule has 0 bridgehead atoms. The summed E-state index contributed by atoms with van der Waals surface area (Å²) in [6.45, 7) is 7.56. The van der Waals surface area contributed by atoms with Gasteiger partial charge in [-0.15, -0.1) is 0 Å². The van der Waals surface area contributed by atoms with Gasteiger partial charge in [0.15, 0.2) is 0 Å². The van der Waals surface area contributed by atoms with Crippen LogP contribution in [0, 0.1) is 0 Å². The van der Waals surface area contributed by atoms with Crippen LogP contribution in [0.3, 0.4) is 0 Å². The molecule has 0 fully saturated rings. The Hall–Kier alpha value is -2.54. The fraction of sp³-hybridized carbons (Fsp3) is 0.355. The maximum Gasteiger partial charge on any atom is 1.00 e. The van der Waals surface area contributed by atoms with Crippen LogP contribution in [0.15, 0.2) is 65.9 Å². The Morgan fingerprint density at radius 2 is 1.45 bits per heavy atom. The van der Waals surface area contributed by atoms with Gasteiger partial charge in [0, 0.05) is 54.2 Å². The van der Waals surface area contributed by atoms with Crippen molar-refractivity contribution in [1.82, 2.24) is 10.6 Å². The Morgan fingerprint density at radius 3 is 1.98 bits per heavy atom. The van der Waals surface area contributed by atoms with Gasteiger partial charge in [-0.3, -0.25) is 4.55 Å². The molecule has 47 heavy (non-hydrogen) atoms. The normalized spacial score (nSPS) is 17.3. The summed E-state index contributed by atoms with van der Waals surface area (Å²) in [5.41, 5.74) is 4.10. The maximum atomic E-state index is 12.1. The van der Waals surface area contributed by atoms with Gasteiger partial charge in [-0.2, -0.15) is 8.42 Å². The average Bonchev–Trinajstić information content (AvgIpc) is 3.28. The molecular formula is C31H38KN5O8S2. The molecule has 0 atom stereocenters. The molecule has 4 rings (SSSR count). The SMILES string of the molecule is CNC(=O)Nc1ccc2c(c1)C(C)(C)C(/C=C/C=C1/N(CCS(=O)(=O)[O-])c3ccc(NC(=O)NC)cc3C1(C)C)=C2CS(=O)(=O)O.[K+]. The van der Waals surface area contributed by atoms with Crippen molar-refractivity contribution in [3.8, 4) is 0 Å². The third-order valence-electron chi connectivity index (χ3n) is 8.29. The standard InChI is InChI=1S/C31H39N5O8S2.K/c1-30(2)23(22(18-46(42,43)44)21-12-10-19(16-24(21)30)34-28(37)32-5)8-7-9-27-31(3,4)25-17-20(35-29(38)33-6)11-13-26(25)36(27)14-15-45(39,40)41;/h7-13,16-17H,14-15,18H2,1-6H3,(H2,32,34,37)(H2,33,35,38)(H,39,40,41)(H,42,43,44);/q;+1/p-1/b8-7+,27-9+;. The smallest absolute Gasteiger partial charge is 0.748 e. The van der Waals surface area contributed by atoms with E-state index in [0.29, 0.717) is 39.5 Å². The number of benzene rings is 2. The zero-order chi connectivity index (χ0) is 34.2. The van der Waals surface area contributed by atoms with E-state index in [1.807, 2.05) is 27.7 Å². The number of hydrogen-bond donors (Lipinski definition) is 5. The first-order chi connectivity index (χ1) is 21.3. The number of rotatable bonds is 9. The summed E-state index contributed by atoms with van der Waals surface area (Å²) in [7, 11) is -5.98. The molecule has 1 heterocycles. The van der Waals surface area contributed by atoms with Gasteiger partial charge in [0.25, 0.3) is 10.1 Å². The first-order valence-electron chi connectivity index (χ1n) is 14.3. The Bertz CT molecular complexity index is 1900. The Morgan fingerprint density at radius 1 is 0.894 bits per heavy atom. The van der Waals surface area contributed by atoms with Gasteiger partial charge in [-0.05, 0) is 64.2 Å². The molecule has 4 amide bonds. The van der Waals surface area contributed by atoms with Gasteiger partial charge in [-0.25, -0.2) is 18.0 Å². The predicted molar refractivity (Wildman–Crippen MR) is 178 cm³/mol. The third-order valence-corrected chi connectivity index (χ3v) is 9.62. The molecule has 0 saturated carbocycles. The molecule has 0 radical (unpaired) electrons. The van der Waals surface area contributed by atoms with Crippen LogP contribution in [0.5, 0.6) is 0 Å². The molecule has 0 unspecified atom stereocenters. The van der Waals surface area contributed by atoms with Crippen molar-refractivity contribution >= 4 is 54.9 Å². The van der Waals surface area contributed by atoms with Crippen LogP contribution in [0.25, 0.3) is 5.57 Å². The molecule has 0 spiro atoms. The van der Waals surface area contributed by atoms with E-state index in [4.69, 9.17) is 0 Å². The number of anilines is 3. The molecule has 1 aliphatic heterocycles. The summed E-state index contributed by atoms with van der Waals surface area (Å²) in [5.74, 6) is -1.27. The largest absolute Gasteiger partial charge is 1.00 e. The van der Waals surface area contributed by atoms with Gasteiger partial charge in [0.05, 0.1) is 15.9 Å². The van der Waals surface area contributed by atoms with E-state index in [9.17, 15) is 35.5 Å². The number of urea groups is 2. The van der Waals surface area contributed by atoms with Gasteiger partial charge >= 0.3 is 63.4 Å². The molecule has 5 N–H and O–H groups in total. The van der Waals surface area contributed by atoms with E-state index < -0.39 is 54.6 Å². The Balaban J connectivity index is 0.00000600. The molecule has 2 aromatic carbocycles. The van der Waals surface area contributed by atoms with Gasteiger partial charge < -0.3 is 30.7 Å². The number of carbonyl (C=O) groups is 2. The summed E-state index contributed by atoms with van der Waals surface area (Å²) < 4.78 is 68.9. The molecule has 2 aliphatic rings. The Kier molecular flexibility index (Phi) is 12.0. The molecular weight excluding hydrogens is 674 g/mol. The zero-order valence-corrected chi connectivity index (χ0v) is 32.1. The molecule has 1 aliphatic carbocycles. The van der Waals surface area contributed by atoms with Crippen LogP contribution < -0.4 is 77.6 Å². The van der Waals surface area contributed by atoms with Crippen molar-refractivity contribution in [2.75, 3.05) is 47.7 Å². The van der Waals surface area contributed by atoms with E-state index in [-0.39, 0.29) is 57.9 Å². The van der Waals surface area contributed by atoms with Crippen molar-refractivity contribution in [2.45, 2.75) is 38.5 Å². The van der Waals surface area contributed by atoms with E-state index in [1.165, 1.54) is 14.1 Å². The zero-order valence-electron chi connectivity index (χ0n) is 27.4. The van der Waals surface area contributed by atoms with Crippen LogP contribution >= 0.6 is 0 Å². The van der Waals surface area contributed by atoms with Crippen LogP contribution in [-0.4, -0.2) is 70.1 Å². The van der Waals surface area contributed by atoms with E-state index in [1.54, 1.807) is 59.5 Å². The fourth-order valence-electron chi connectivity index (χ4n) is 6.04. The number of amides is 4. The van der Waals surface area contributed by atoms with E-state index in [0.717, 1.165) is 11.1 Å². The molecule has 248 valence electrons. The van der Waals surface area contributed by atoms with Crippen LogP contribution in [0.1, 0.15) is 44.4 Å². The fourth-order valence-corrected chi connectivity index (χ4v) is 7.12. The number of fused-ring (bicyclic) bond motifs is 2. The molecule has 2 aromatic rings. The van der Waals surface area contributed by atoms with Crippen molar-refractivity contribution in [3.63, 3.8) is 0 Å². The second-order valence-electron chi connectivity index (χ2n) is 12.1. The maximum absolute atomic E-state index is 12.1. The summed E-state index contributed by atoms with van der Waals surface area (Å²) >= 11 is 0. The number of carbonyl (C=O) groups excluding carboxylic acids is 2. The third kappa shape index (κ3) is 8.74. The van der Waals surface area contributed by atoms with Crippen molar-refractivity contribution in [2.24, 2.45) is 0 Å². The van der Waals surface area contributed by atoms with Crippen LogP contribution in [-0.2, 0) is 31.1 Å². The number of nitrogens with zero attached hydrogens (tertiary/aromatic N) is 1. The first kappa shape index (κ1) is 38.9. The van der Waals surface area contributed by atoms with Gasteiger partial charge in [-0.1, -0.05) is 45.9 Å². The monoisotopic (exact) mass is 711 g/mol. The summed E-state index contributed by atoms with van der Waals surface area (Å²) in [6, 6.07) is 9.51. The van der Waals surface area contributed by atoms with Crippen LogP contribution in [0.2, 0.25) is 0 Å². The van der Waals surface area contributed by atoms with E-state index >= 15 is 0 Å². The summed E-state index contributed by atoms with van der Waals surface area (Å²) in [6.07, 6.45) is 5.25. The minimum absolute atomic E-state index is 0. The van der Waals surface area contributed by atoms with Gasteiger partial charge in [0.2, 0.25) is 0 Å². The Labute approximate surface area is 318 Å². The minimum atomic E-state index is -4.54. The molecule has 0 aromatic heterocycles. The number of hydrogen-bond acceptors (Lipinski definition) is 8. The predicted octanol–water partition coefficient (Wildman–Crippen LogP) is 0.909. The molecule has 16 heteroatoms. The molecule has 13 nitrogen and oxygen atoms in total. The van der Waals surface area contributed by atoms with E-state index in [2.05, 4.69) is 21.3 Å². The number of nitrogens with one attached hydrogen (secondary N) is 4. The summed E-state index contributed by atoms with van der Waals surface area (Å²) in [4.78, 5) is 25.6. The van der Waals surface area contributed by atoms with Crippen molar-refractivity contribution < 1.29 is 86.9 Å². The quantitative estimate of drug-likeness (QED) is 0.186. The van der Waals surface area contributed by atoms with Gasteiger partial charge in [0.1, 0.15) is 5.75 Å². The topological polar surface area (TPSA) is 197 Å². The number of allylic oxidation sites excluding steroid dienone is 5. The first-order valence-corrected chi connectivity index (χ1v) is 17.5. The second kappa shape index (κ2) is 14.5. The van der Waals surface area contributed by atoms with Crippen molar-refractivity contribution in [3.05, 3.63) is 82.6 Å². The minimum Gasteiger partial charge on any atom is -0.748 e. The summed E-state index contributed by atoms with van der Waals surface area (Å²) in [5, 5.41) is 10.4. The van der Waals surface area contributed by atoms with Crippen LogP contribution in [0.4, 0.5) is 26.7 Å². The average molecular weight is 712 g/mol.